The van der Waals surface area contributed by atoms with Gasteiger partial charge in [-0.25, -0.2) is 4.79 Å². The molecule has 9 heteroatoms. The van der Waals surface area contributed by atoms with E-state index in [0.717, 1.165) is 11.4 Å². The minimum Gasteiger partial charge on any atom is -0.444 e. The monoisotopic (exact) mass is 400 g/mol. The normalized spacial score (nSPS) is 19.9. The van der Waals surface area contributed by atoms with Crippen LogP contribution in [0.25, 0.3) is 10.4 Å². The van der Waals surface area contributed by atoms with Crippen LogP contribution in [0.5, 0.6) is 0 Å². The zero-order valence-electron chi connectivity index (χ0n) is 17.2. The number of ether oxygens (including phenoxy) is 1. The molecule has 3 rings (SSSR count). The summed E-state index contributed by atoms with van der Waals surface area (Å²) in [6.07, 6.45) is 0.0980. The first-order valence-electron chi connectivity index (χ1n) is 9.91. The molecule has 2 heterocycles. The highest BCUT2D eigenvalue weighted by Gasteiger charge is 2.33. The fourth-order valence-corrected chi connectivity index (χ4v) is 3.70. The van der Waals surface area contributed by atoms with Gasteiger partial charge in [-0.3, -0.25) is 4.79 Å². The maximum atomic E-state index is 12.6. The second-order valence-electron chi connectivity index (χ2n) is 8.43. The quantitative estimate of drug-likeness (QED) is 0.439. The van der Waals surface area contributed by atoms with Gasteiger partial charge >= 0.3 is 6.09 Å². The predicted molar refractivity (Wildman–Crippen MR) is 111 cm³/mol. The lowest BCUT2D eigenvalue weighted by atomic mass is 10.1. The van der Waals surface area contributed by atoms with Crippen molar-refractivity contribution in [1.82, 2.24) is 4.90 Å². The van der Waals surface area contributed by atoms with Crippen LogP contribution in [0.2, 0.25) is 0 Å². The molecular formula is C20H28N6O3. The molecule has 1 atom stereocenters. The maximum Gasteiger partial charge on any atom is 0.410 e. The maximum absolute atomic E-state index is 12.6. The average Bonchev–Trinajstić information content (AvgIpc) is 3.05. The van der Waals surface area contributed by atoms with E-state index in [-0.39, 0.29) is 17.9 Å². The van der Waals surface area contributed by atoms with E-state index in [1.54, 1.807) is 9.80 Å². The molecule has 1 unspecified atom stereocenters. The molecule has 2 saturated heterocycles. The summed E-state index contributed by atoms with van der Waals surface area (Å²) in [5.41, 5.74) is 9.87. The fraction of sp³-hybridized carbons (Fsp3) is 0.600. The lowest BCUT2D eigenvalue weighted by Crippen LogP contribution is -2.50. The number of azide groups is 1. The van der Waals surface area contributed by atoms with Gasteiger partial charge in [0.05, 0.1) is 11.4 Å². The number of hydrogen-bond donors (Lipinski definition) is 0. The van der Waals surface area contributed by atoms with E-state index in [2.05, 4.69) is 14.9 Å². The number of amides is 2. The topological polar surface area (TPSA) is 102 Å². The summed E-state index contributed by atoms with van der Waals surface area (Å²) in [7, 11) is 0. The van der Waals surface area contributed by atoms with Gasteiger partial charge in [0.1, 0.15) is 5.60 Å². The molecule has 1 aromatic carbocycles. The van der Waals surface area contributed by atoms with Crippen molar-refractivity contribution in [3.63, 3.8) is 0 Å². The highest BCUT2D eigenvalue weighted by molar-refractivity contribution is 5.99. The molecule has 2 aliphatic heterocycles. The van der Waals surface area contributed by atoms with Crippen molar-refractivity contribution in [2.75, 3.05) is 49.1 Å². The van der Waals surface area contributed by atoms with Gasteiger partial charge in [-0.1, -0.05) is 17.2 Å². The van der Waals surface area contributed by atoms with Gasteiger partial charge in [0, 0.05) is 50.6 Å². The second-order valence-corrected chi connectivity index (χ2v) is 8.43. The van der Waals surface area contributed by atoms with Crippen LogP contribution in [0.3, 0.4) is 0 Å². The molecule has 0 N–H and O–H groups in total. The summed E-state index contributed by atoms with van der Waals surface area (Å²) in [5.74, 6) is 0.0819. The van der Waals surface area contributed by atoms with Crippen molar-refractivity contribution >= 4 is 23.4 Å². The number of nitrogens with zero attached hydrogens (tertiary/aromatic N) is 6. The molecule has 0 bridgehead atoms. The lowest BCUT2D eigenvalue weighted by molar-refractivity contribution is -0.117. The van der Waals surface area contributed by atoms with Crippen molar-refractivity contribution in [3.05, 3.63) is 34.7 Å². The molecule has 9 nitrogen and oxygen atoms in total. The van der Waals surface area contributed by atoms with E-state index in [9.17, 15) is 9.59 Å². The third kappa shape index (κ3) is 5.12. The van der Waals surface area contributed by atoms with Crippen LogP contribution in [0.15, 0.2) is 29.4 Å². The zero-order valence-corrected chi connectivity index (χ0v) is 17.2. The first-order valence-corrected chi connectivity index (χ1v) is 9.91. The molecule has 1 aromatic rings. The number of carbonyl (C=O) groups is 2. The number of hydrogen-bond acceptors (Lipinski definition) is 5. The summed E-state index contributed by atoms with van der Waals surface area (Å²) in [6, 6.07) is 7.83. The smallest absolute Gasteiger partial charge is 0.410 e. The Balaban J connectivity index is 1.68. The second kappa shape index (κ2) is 8.61. The minimum atomic E-state index is -0.511. The van der Waals surface area contributed by atoms with E-state index < -0.39 is 5.60 Å². The summed E-state index contributed by atoms with van der Waals surface area (Å²) < 4.78 is 5.46. The number of benzene rings is 1. The average molecular weight is 400 g/mol. The number of carbonyl (C=O) groups excluding carboxylic acids is 2. The molecule has 0 aliphatic carbocycles. The van der Waals surface area contributed by atoms with Crippen molar-refractivity contribution < 1.29 is 14.3 Å². The Labute approximate surface area is 170 Å². The molecule has 0 aromatic heterocycles. The molecular weight excluding hydrogens is 372 g/mol. The molecule has 0 spiro atoms. The number of piperazine rings is 1. The van der Waals surface area contributed by atoms with Crippen LogP contribution in [-0.4, -0.2) is 61.8 Å². The number of anilines is 2. The van der Waals surface area contributed by atoms with Crippen LogP contribution in [0, 0.1) is 5.92 Å². The number of rotatable bonds is 4. The number of para-hydroxylation sites is 2. The molecule has 0 saturated carbocycles. The molecule has 156 valence electrons. The van der Waals surface area contributed by atoms with Gasteiger partial charge in [0.2, 0.25) is 5.91 Å². The van der Waals surface area contributed by atoms with Crippen LogP contribution in [0.1, 0.15) is 27.2 Å². The Morgan fingerprint density at radius 2 is 1.86 bits per heavy atom. The van der Waals surface area contributed by atoms with E-state index in [1.807, 2.05) is 45.0 Å². The van der Waals surface area contributed by atoms with E-state index >= 15 is 0 Å². The fourth-order valence-electron chi connectivity index (χ4n) is 3.70. The molecule has 0 radical (unpaired) electrons. The van der Waals surface area contributed by atoms with E-state index in [0.29, 0.717) is 45.7 Å². The third-order valence-electron chi connectivity index (χ3n) is 5.05. The molecule has 2 aliphatic rings. The lowest BCUT2D eigenvalue weighted by Gasteiger charge is -2.38. The molecule has 29 heavy (non-hydrogen) atoms. The highest BCUT2D eigenvalue weighted by atomic mass is 16.6. The highest BCUT2D eigenvalue weighted by Crippen LogP contribution is 2.34. The van der Waals surface area contributed by atoms with Gasteiger partial charge in [0.25, 0.3) is 0 Å². The Hall–Kier alpha value is -2.93. The summed E-state index contributed by atoms with van der Waals surface area (Å²) >= 11 is 0. The SMILES string of the molecule is CC(C)(C)OC(=O)N1CCN(c2ccccc2N2CC(CN=[N+]=[N-])CC2=O)CC1. The minimum absolute atomic E-state index is 0.0375. The van der Waals surface area contributed by atoms with E-state index in [1.165, 1.54) is 0 Å². The largest absolute Gasteiger partial charge is 0.444 e. The van der Waals surface area contributed by atoms with Crippen molar-refractivity contribution in [1.29, 1.82) is 0 Å². The third-order valence-corrected chi connectivity index (χ3v) is 5.05. The van der Waals surface area contributed by atoms with Gasteiger partial charge in [-0.15, -0.1) is 0 Å². The Bertz CT molecular complexity index is 807. The van der Waals surface area contributed by atoms with Crippen LogP contribution in [0.4, 0.5) is 16.2 Å². The first-order chi connectivity index (χ1) is 13.8. The Morgan fingerprint density at radius 3 is 2.48 bits per heavy atom. The molecule has 2 fully saturated rings. The van der Waals surface area contributed by atoms with Crippen LogP contribution < -0.4 is 9.80 Å². The van der Waals surface area contributed by atoms with Crippen LogP contribution in [-0.2, 0) is 9.53 Å². The summed E-state index contributed by atoms with van der Waals surface area (Å²) in [5, 5.41) is 3.62. The van der Waals surface area contributed by atoms with Gasteiger partial charge in [-0.05, 0) is 44.4 Å². The standard InChI is InChI=1S/C20H28N6O3/c1-20(2,3)29-19(28)25-10-8-24(9-11-25)16-6-4-5-7-17(16)26-14-15(12-18(26)27)13-22-23-21/h4-7,15H,8-14H2,1-3H3. The van der Waals surface area contributed by atoms with Gasteiger partial charge in [0.15, 0.2) is 0 Å². The zero-order chi connectivity index (χ0) is 21.0. The predicted octanol–water partition coefficient (Wildman–Crippen LogP) is 3.41. The summed E-state index contributed by atoms with van der Waals surface area (Å²) in [6.45, 7) is 8.93. The first kappa shape index (κ1) is 20.8. The van der Waals surface area contributed by atoms with Gasteiger partial charge < -0.3 is 19.4 Å². The van der Waals surface area contributed by atoms with Crippen molar-refractivity contribution in [3.8, 4) is 0 Å². The Kier molecular flexibility index (Phi) is 6.17. The summed E-state index contributed by atoms with van der Waals surface area (Å²) in [4.78, 5) is 33.4. The molecule has 2 amide bonds. The van der Waals surface area contributed by atoms with Crippen molar-refractivity contribution in [2.45, 2.75) is 32.8 Å². The van der Waals surface area contributed by atoms with Crippen molar-refractivity contribution in [2.24, 2.45) is 11.0 Å². The van der Waals surface area contributed by atoms with Crippen LogP contribution >= 0.6 is 0 Å². The van der Waals surface area contributed by atoms with E-state index in [4.69, 9.17) is 10.3 Å². The van der Waals surface area contributed by atoms with Gasteiger partial charge in [-0.2, -0.15) is 0 Å². The Morgan fingerprint density at radius 1 is 1.21 bits per heavy atom.